The van der Waals surface area contributed by atoms with Crippen LogP contribution < -0.4 is 10.2 Å². The lowest BCUT2D eigenvalue weighted by Crippen LogP contribution is -3.12. The highest BCUT2D eigenvalue weighted by atomic mass is 32.2. The maximum atomic E-state index is 12.9. The molecule has 2 rings (SSSR count). The van der Waals surface area contributed by atoms with E-state index in [1.807, 2.05) is 13.3 Å². The largest absolute Gasteiger partial charge is 0.391 e. The van der Waals surface area contributed by atoms with Crippen molar-refractivity contribution in [2.75, 3.05) is 19.8 Å². The Morgan fingerprint density at radius 1 is 1.37 bits per heavy atom. The highest BCUT2D eigenvalue weighted by Gasteiger charge is 2.47. The summed E-state index contributed by atoms with van der Waals surface area (Å²) in [7, 11) is 2.03. The molecule has 27 heavy (non-hydrogen) atoms. The van der Waals surface area contributed by atoms with E-state index in [0.717, 1.165) is 25.8 Å². The van der Waals surface area contributed by atoms with Crippen molar-refractivity contribution in [3.05, 3.63) is 0 Å². The van der Waals surface area contributed by atoms with Gasteiger partial charge in [-0.25, -0.2) is 0 Å². The molecule has 1 unspecified atom stereocenters. The number of hydrogen-bond donors (Lipinski definition) is 5. The summed E-state index contributed by atoms with van der Waals surface area (Å²) in [5.74, 6) is 0.0312. The van der Waals surface area contributed by atoms with Gasteiger partial charge in [-0.15, -0.1) is 11.8 Å². The number of ether oxygens (including phenoxy) is 1. The zero-order chi connectivity index (χ0) is 20.3. The van der Waals surface area contributed by atoms with Gasteiger partial charge in [-0.3, -0.25) is 4.79 Å². The van der Waals surface area contributed by atoms with Crippen LogP contribution in [0.4, 0.5) is 0 Å². The maximum Gasteiger partial charge on any atom is 0.278 e. The molecule has 8 heteroatoms. The molecule has 0 aliphatic carbocycles. The summed E-state index contributed by atoms with van der Waals surface area (Å²) >= 11 is 1.36. The second kappa shape index (κ2) is 9.89. The average Bonchev–Trinajstić information content (AvgIpc) is 2.99. The van der Waals surface area contributed by atoms with Crippen LogP contribution in [0.25, 0.3) is 0 Å². The Kier molecular flexibility index (Phi) is 8.39. The summed E-state index contributed by atoms with van der Waals surface area (Å²) in [6, 6.07) is -0.877. The van der Waals surface area contributed by atoms with E-state index in [9.17, 15) is 20.1 Å². The fourth-order valence-corrected chi connectivity index (χ4v) is 5.24. The SMILES string of the molecule is CCC[C@H]1C[C@H](C(=O)N[C@@H]([C@@H]2O[C@H](SC)[C@@H](O)[C@@H](C)[C@@H]2O)[C@@H](C)O)[NH+](C)C1. The zero-order valence-electron chi connectivity index (χ0n) is 17.1. The van der Waals surface area contributed by atoms with E-state index in [-0.39, 0.29) is 11.9 Å². The van der Waals surface area contributed by atoms with Crippen LogP contribution in [0, 0.1) is 11.8 Å². The number of nitrogens with one attached hydrogen (secondary N) is 2. The van der Waals surface area contributed by atoms with Gasteiger partial charge in [0.2, 0.25) is 0 Å². The molecular formula is C19H37N2O5S+. The molecule has 0 aromatic rings. The van der Waals surface area contributed by atoms with Gasteiger partial charge in [0.15, 0.2) is 6.04 Å². The van der Waals surface area contributed by atoms with E-state index in [1.54, 1.807) is 13.8 Å². The topological polar surface area (TPSA) is 103 Å². The minimum Gasteiger partial charge on any atom is -0.391 e. The van der Waals surface area contributed by atoms with Gasteiger partial charge in [0.25, 0.3) is 5.91 Å². The Morgan fingerprint density at radius 3 is 2.59 bits per heavy atom. The third-order valence-electron chi connectivity index (χ3n) is 6.19. The van der Waals surface area contributed by atoms with Crippen molar-refractivity contribution in [3.63, 3.8) is 0 Å². The van der Waals surface area contributed by atoms with Crippen molar-refractivity contribution < 1.29 is 29.8 Å². The lowest BCUT2D eigenvalue weighted by molar-refractivity contribution is -0.884. The smallest absolute Gasteiger partial charge is 0.278 e. The highest BCUT2D eigenvalue weighted by molar-refractivity contribution is 7.99. The highest BCUT2D eigenvalue weighted by Crippen LogP contribution is 2.32. The Balaban J connectivity index is 2.09. The molecule has 2 heterocycles. The number of thioether (sulfide) groups is 1. The van der Waals surface area contributed by atoms with Gasteiger partial charge in [-0.05, 0) is 19.6 Å². The molecular weight excluding hydrogens is 368 g/mol. The van der Waals surface area contributed by atoms with E-state index >= 15 is 0 Å². The van der Waals surface area contributed by atoms with Crippen molar-refractivity contribution in [1.82, 2.24) is 5.32 Å². The summed E-state index contributed by atoms with van der Waals surface area (Å²) in [6.07, 6.45) is 1.49. The number of quaternary nitrogens is 1. The summed E-state index contributed by atoms with van der Waals surface area (Å²) in [5.41, 5.74) is -0.500. The Hall–Kier alpha value is -0.380. The number of carbonyl (C=O) groups excluding carboxylic acids is 1. The van der Waals surface area contributed by atoms with Gasteiger partial charge in [0.05, 0.1) is 37.9 Å². The molecule has 0 spiro atoms. The van der Waals surface area contributed by atoms with Crippen molar-refractivity contribution in [2.45, 2.75) is 82.0 Å². The molecule has 7 nitrogen and oxygen atoms in total. The molecule has 10 atom stereocenters. The van der Waals surface area contributed by atoms with Crippen molar-refractivity contribution >= 4 is 17.7 Å². The van der Waals surface area contributed by atoms with E-state index < -0.39 is 41.8 Å². The van der Waals surface area contributed by atoms with Gasteiger partial charge in [-0.1, -0.05) is 20.3 Å². The minimum absolute atomic E-state index is 0.104. The van der Waals surface area contributed by atoms with Crippen LogP contribution in [0.15, 0.2) is 0 Å². The molecule has 2 aliphatic rings. The predicted molar refractivity (Wildman–Crippen MR) is 106 cm³/mol. The Morgan fingerprint density at radius 2 is 2.04 bits per heavy atom. The first-order valence-electron chi connectivity index (χ1n) is 10.1. The van der Waals surface area contributed by atoms with E-state index in [4.69, 9.17) is 4.74 Å². The number of aliphatic hydroxyl groups is 3. The van der Waals surface area contributed by atoms with Crippen molar-refractivity contribution in [2.24, 2.45) is 11.8 Å². The van der Waals surface area contributed by atoms with Crippen LogP contribution in [0.3, 0.4) is 0 Å². The van der Waals surface area contributed by atoms with Crippen LogP contribution in [0.5, 0.6) is 0 Å². The molecule has 0 aromatic heterocycles. The second-order valence-electron chi connectivity index (χ2n) is 8.31. The van der Waals surface area contributed by atoms with Crippen LogP contribution in [-0.2, 0) is 9.53 Å². The number of likely N-dealkylation sites (tertiary alicyclic amines) is 1. The van der Waals surface area contributed by atoms with Crippen LogP contribution in [0.2, 0.25) is 0 Å². The monoisotopic (exact) mass is 405 g/mol. The van der Waals surface area contributed by atoms with Crippen LogP contribution in [-0.4, -0.2) is 83.0 Å². The lowest BCUT2D eigenvalue weighted by Gasteiger charge is -2.44. The molecule has 2 saturated heterocycles. The summed E-state index contributed by atoms with van der Waals surface area (Å²) in [5, 5.41) is 34.1. The first kappa shape index (κ1) is 22.9. The van der Waals surface area contributed by atoms with Crippen molar-refractivity contribution in [1.29, 1.82) is 0 Å². The third kappa shape index (κ3) is 5.16. The fraction of sp³-hybridized carbons (Fsp3) is 0.947. The van der Waals surface area contributed by atoms with E-state index in [2.05, 4.69) is 12.2 Å². The predicted octanol–water partition coefficient (Wildman–Crippen LogP) is -0.999. The first-order valence-corrected chi connectivity index (χ1v) is 11.3. The lowest BCUT2D eigenvalue weighted by atomic mass is 9.86. The molecule has 2 fully saturated rings. The maximum absolute atomic E-state index is 12.9. The first-order chi connectivity index (χ1) is 12.7. The van der Waals surface area contributed by atoms with Crippen LogP contribution in [0.1, 0.15) is 40.0 Å². The van der Waals surface area contributed by atoms with Gasteiger partial charge >= 0.3 is 0 Å². The van der Waals surface area contributed by atoms with E-state index in [0.29, 0.717) is 5.92 Å². The van der Waals surface area contributed by atoms with E-state index in [1.165, 1.54) is 16.7 Å². The zero-order valence-corrected chi connectivity index (χ0v) is 17.9. The number of carbonyl (C=O) groups is 1. The van der Waals surface area contributed by atoms with Crippen LogP contribution >= 0.6 is 11.8 Å². The molecule has 5 N–H and O–H groups in total. The summed E-state index contributed by atoms with van der Waals surface area (Å²) in [4.78, 5) is 14.1. The van der Waals surface area contributed by atoms with Crippen molar-refractivity contribution in [3.8, 4) is 0 Å². The molecule has 2 aliphatic heterocycles. The second-order valence-corrected chi connectivity index (χ2v) is 9.25. The Labute approximate surface area is 166 Å². The number of amides is 1. The fourth-order valence-electron chi connectivity index (χ4n) is 4.47. The quantitative estimate of drug-likeness (QED) is 0.372. The molecule has 1 amide bonds. The number of aliphatic hydroxyl groups excluding tert-OH is 3. The molecule has 0 aromatic carbocycles. The van der Waals surface area contributed by atoms with Gasteiger partial charge in [-0.2, -0.15) is 0 Å². The average molecular weight is 406 g/mol. The minimum atomic E-state index is -0.968. The Bertz CT molecular complexity index is 493. The standard InChI is InChI=1S/C19H36N2O5S/c1-6-7-12-8-13(21(4)9-12)18(25)20-14(11(3)22)17-15(23)10(2)16(24)19(26-17)27-5/h10-17,19,22-24H,6-9H2,1-5H3,(H,20,25)/p+1/t10-,11+,12-,13+,14+,15-,16-,17-,19+/m0/s1. The molecule has 0 radical (unpaired) electrons. The summed E-state index contributed by atoms with van der Waals surface area (Å²) < 4.78 is 5.89. The normalized spacial score (nSPS) is 41.9. The molecule has 158 valence electrons. The number of rotatable bonds is 7. The van der Waals surface area contributed by atoms with Gasteiger partial charge in [0, 0.05) is 18.3 Å². The molecule has 0 bridgehead atoms. The molecule has 0 saturated carbocycles. The number of hydrogen-bond acceptors (Lipinski definition) is 6. The number of likely N-dealkylation sites (N-methyl/N-ethyl adjacent to an activating group) is 1. The third-order valence-corrected chi connectivity index (χ3v) is 7.04. The summed E-state index contributed by atoms with van der Waals surface area (Å²) in [6.45, 7) is 6.49. The van der Waals surface area contributed by atoms with Gasteiger partial charge < -0.3 is 30.3 Å². The van der Waals surface area contributed by atoms with Gasteiger partial charge in [0.1, 0.15) is 11.5 Å².